The fourth-order valence-electron chi connectivity index (χ4n) is 1.74. The highest BCUT2D eigenvalue weighted by atomic mass is 16.2. The minimum Gasteiger partial charge on any atom is -0.316 e. The number of aromatic nitrogens is 1. The van der Waals surface area contributed by atoms with Crippen LogP contribution in [0.3, 0.4) is 0 Å². The highest BCUT2D eigenvalue weighted by Gasteiger charge is 2.16. The number of pyridine rings is 1. The number of anilines is 1. The van der Waals surface area contributed by atoms with Gasteiger partial charge in [0.1, 0.15) is 11.9 Å². The van der Waals surface area contributed by atoms with Crippen molar-refractivity contribution in [3.05, 3.63) is 59.3 Å². The fraction of sp³-hybridized carbons (Fsp3) is 0.200. The lowest BCUT2D eigenvalue weighted by Gasteiger charge is -2.13. The molecule has 1 unspecified atom stereocenters. The Morgan fingerprint density at radius 3 is 2.53 bits per heavy atom. The number of carbonyl (C=O) groups is 1. The summed E-state index contributed by atoms with van der Waals surface area (Å²) in [6.07, 6.45) is 1.64. The maximum Gasteiger partial charge on any atom is 0.247 e. The van der Waals surface area contributed by atoms with E-state index in [-0.39, 0.29) is 5.91 Å². The molecule has 1 aromatic carbocycles. The van der Waals surface area contributed by atoms with Crippen molar-refractivity contribution in [1.29, 1.82) is 0 Å². The topological polar surface area (TPSA) is 68.0 Å². The largest absolute Gasteiger partial charge is 0.316 e. The number of rotatable bonds is 3. The van der Waals surface area contributed by atoms with Crippen molar-refractivity contribution in [3.8, 4) is 0 Å². The van der Waals surface area contributed by atoms with E-state index >= 15 is 0 Å². The van der Waals surface area contributed by atoms with Gasteiger partial charge in [-0.3, -0.25) is 4.79 Å². The van der Waals surface area contributed by atoms with E-state index in [1.807, 2.05) is 50.2 Å². The van der Waals surface area contributed by atoms with Gasteiger partial charge in [-0.25, -0.2) is 4.98 Å². The van der Waals surface area contributed by atoms with E-state index in [9.17, 15) is 4.79 Å². The molecule has 0 saturated heterocycles. The molecular weight excluding hydrogens is 238 g/mol. The number of hydrogen-bond acceptors (Lipinski definition) is 3. The number of nitrogens with two attached hydrogens (primary N) is 1. The van der Waals surface area contributed by atoms with Crippen LogP contribution < -0.4 is 11.1 Å². The van der Waals surface area contributed by atoms with Crippen LogP contribution in [0.15, 0.2) is 42.6 Å². The smallest absolute Gasteiger partial charge is 0.247 e. The van der Waals surface area contributed by atoms with Crippen molar-refractivity contribution < 1.29 is 4.79 Å². The molecule has 1 heterocycles. The van der Waals surface area contributed by atoms with Crippen LogP contribution in [0.4, 0.5) is 5.82 Å². The van der Waals surface area contributed by atoms with Gasteiger partial charge < -0.3 is 11.1 Å². The first-order valence-corrected chi connectivity index (χ1v) is 6.12. The minimum atomic E-state index is -0.693. The number of benzene rings is 1. The van der Waals surface area contributed by atoms with E-state index in [1.165, 1.54) is 0 Å². The number of amides is 1. The molecule has 0 bridgehead atoms. The summed E-state index contributed by atoms with van der Waals surface area (Å²) in [4.78, 5) is 16.2. The van der Waals surface area contributed by atoms with Crippen LogP contribution in [0.25, 0.3) is 0 Å². The Morgan fingerprint density at radius 2 is 1.89 bits per heavy atom. The quantitative estimate of drug-likeness (QED) is 0.884. The van der Waals surface area contributed by atoms with Crippen LogP contribution in [0.1, 0.15) is 22.7 Å². The van der Waals surface area contributed by atoms with Crippen molar-refractivity contribution in [2.75, 3.05) is 5.32 Å². The summed E-state index contributed by atoms with van der Waals surface area (Å²) in [5.41, 5.74) is 8.78. The van der Waals surface area contributed by atoms with Crippen molar-refractivity contribution in [2.45, 2.75) is 19.9 Å². The third kappa shape index (κ3) is 3.17. The van der Waals surface area contributed by atoms with E-state index < -0.39 is 6.04 Å². The maximum atomic E-state index is 12.1. The van der Waals surface area contributed by atoms with Gasteiger partial charge in [0.05, 0.1) is 0 Å². The minimum absolute atomic E-state index is 0.259. The summed E-state index contributed by atoms with van der Waals surface area (Å²) in [5, 5.41) is 2.75. The zero-order chi connectivity index (χ0) is 13.8. The molecule has 19 heavy (non-hydrogen) atoms. The summed E-state index contributed by atoms with van der Waals surface area (Å²) < 4.78 is 0. The fourth-order valence-corrected chi connectivity index (χ4v) is 1.74. The molecule has 0 aliphatic carbocycles. The Kier molecular flexibility index (Phi) is 3.92. The summed E-state index contributed by atoms with van der Waals surface area (Å²) >= 11 is 0. The molecule has 4 nitrogen and oxygen atoms in total. The van der Waals surface area contributed by atoms with Gasteiger partial charge in [0.2, 0.25) is 5.91 Å². The Morgan fingerprint density at radius 1 is 1.21 bits per heavy atom. The molecule has 3 N–H and O–H groups in total. The average molecular weight is 255 g/mol. The molecule has 0 aliphatic heterocycles. The van der Waals surface area contributed by atoms with Crippen molar-refractivity contribution in [2.24, 2.45) is 5.73 Å². The molecule has 0 aliphatic rings. The van der Waals surface area contributed by atoms with Gasteiger partial charge in [0.15, 0.2) is 0 Å². The van der Waals surface area contributed by atoms with Crippen LogP contribution in [-0.2, 0) is 4.79 Å². The highest BCUT2D eigenvalue weighted by molar-refractivity contribution is 5.95. The molecule has 4 heteroatoms. The Balaban J connectivity index is 2.12. The van der Waals surface area contributed by atoms with Gasteiger partial charge in [-0.15, -0.1) is 0 Å². The Bertz CT molecular complexity index is 578. The molecule has 0 spiro atoms. The molecule has 0 radical (unpaired) electrons. The van der Waals surface area contributed by atoms with Crippen LogP contribution in [-0.4, -0.2) is 10.9 Å². The lowest BCUT2D eigenvalue weighted by Crippen LogP contribution is -2.28. The first-order chi connectivity index (χ1) is 9.08. The molecule has 1 aromatic heterocycles. The van der Waals surface area contributed by atoms with E-state index in [0.717, 1.165) is 16.7 Å². The number of nitrogens with one attached hydrogen (secondary N) is 1. The molecule has 1 atom stereocenters. The van der Waals surface area contributed by atoms with Gasteiger partial charge in [-0.2, -0.15) is 0 Å². The number of carbonyl (C=O) groups excluding carboxylic acids is 1. The van der Waals surface area contributed by atoms with E-state index in [4.69, 9.17) is 5.73 Å². The number of nitrogens with zero attached hydrogens (tertiary/aromatic N) is 1. The molecule has 2 rings (SSSR count). The predicted molar refractivity (Wildman–Crippen MR) is 75.7 cm³/mol. The van der Waals surface area contributed by atoms with Gasteiger partial charge in [-0.05, 0) is 31.0 Å². The first kappa shape index (κ1) is 13.2. The molecule has 0 saturated carbocycles. The van der Waals surface area contributed by atoms with Crippen molar-refractivity contribution in [1.82, 2.24) is 4.98 Å². The van der Waals surface area contributed by atoms with Crippen LogP contribution in [0.5, 0.6) is 0 Å². The molecule has 2 aromatic rings. The van der Waals surface area contributed by atoms with Crippen LogP contribution >= 0.6 is 0 Å². The maximum absolute atomic E-state index is 12.1. The lowest BCUT2D eigenvalue weighted by molar-refractivity contribution is -0.117. The van der Waals surface area contributed by atoms with Gasteiger partial charge in [0.25, 0.3) is 0 Å². The van der Waals surface area contributed by atoms with Crippen molar-refractivity contribution >= 4 is 11.7 Å². The zero-order valence-electron chi connectivity index (χ0n) is 11.1. The second-order valence-corrected chi connectivity index (χ2v) is 4.55. The summed E-state index contributed by atoms with van der Waals surface area (Å²) in [6.45, 7) is 3.88. The van der Waals surface area contributed by atoms with E-state index in [0.29, 0.717) is 5.82 Å². The molecule has 0 fully saturated rings. The molecule has 98 valence electrons. The number of hydrogen-bond donors (Lipinski definition) is 2. The molecule has 1 amide bonds. The third-order valence-corrected chi connectivity index (χ3v) is 2.97. The average Bonchev–Trinajstić information content (AvgIpc) is 2.41. The van der Waals surface area contributed by atoms with Gasteiger partial charge in [-0.1, -0.05) is 35.9 Å². The Hall–Kier alpha value is -2.20. The summed E-state index contributed by atoms with van der Waals surface area (Å²) in [7, 11) is 0. The van der Waals surface area contributed by atoms with Crippen LogP contribution in [0.2, 0.25) is 0 Å². The monoisotopic (exact) mass is 255 g/mol. The van der Waals surface area contributed by atoms with Crippen molar-refractivity contribution in [3.63, 3.8) is 0 Å². The SMILES string of the molecule is Cc1ccc(C(N)C(=O)Nc2ncccc2C)cc1. The van der Waals surface area contributed by atoms with E-state index in [2.05, 4.69) is 10.3 Å². The van der Waals surface area contributed by atoms with Gasteiger partial charge >= 0.3 is 0 Å². The third-order valence-electron chi connectivity index (χ3n) is 2.97. The predicted octanol–water partition coefficient (Wildman–Crippen LogP) is 2.34. The normalized spacial score (nSPS) is 11.9. The van der Waals surface area contributed by atoms with E-state index in [1.54, 1.807) is 6.20 Å². The van der Waals surface area contributed by atoms with Gasteiger partial charge in [0, 0.05) is 6.20 Å². The molecular formula is C15H17N3O. The summed E-state index contributed by atoms with van der Waals surface area (Å²) in [6, 6.07) is 10.6. The van der Waals surface area contributed by atoms with Crippen LogP contribution in [0, 0.1) is 13.8 Å². The zero-order valence-corrected chi connectivity index (χ0v) is 11.1. The Labute approximate surface area is 112 Å². The first-order valence-electron chi connectivity index (χ1n) is 6.12. The number of aryl methyl sites for hydroxylation is 2. The second kappa shape index (κ2) is 5.63. The lowest BCUT2D eigenvalue weighted by atomic mass is 10.1. The second-order valence-electron chi connectivity index (χ2n) is 4.55. The summed E-state index contributed by atoms with van der Waals surface area (Å²) in [5.74, 6) is 0.292. The highest BCUT2D eigenvalue weighted by Crippen LogP contribution is 2.15. The standard InChI is InChI=1S/C15H17N3O/c1-10-5-7-12(8-6-10)13(16)15(19)18-14-11(2)4-3-9-17-14/h3-9,13H,16H2,1-2H3,(H,17,18,19).